The lowest BCUT2D eigenvalue weighted by atomic mass is 10.1. The first-order valence-corrected chi connectivity index (χ1v) is 9.18. The number of hydrogen-bond donors (Lipinski definition) is 1. The quantitative estimate of drug-likeness (QED) is 0.516. The first-order valence-electron chi connectivity index (χ1n) is 7.99. The summed E-state index contributed by atoms with van der Waals surface area (Å²) in [6, 6.07) is 13.9. The van der Waals surface area contributed by atoms with Crippen LogP contribution in [-0.4, -0.2) is 15.6 Å². The summed E-state index contributed by atoms with van der Waals surface area (Å²) in [4.78, 5) is 12.4. The largest absolute Gasteiger partial charge is 0.481 e. The van der Waals surface area contributed by atoms with E-state index in [9.17, 15) is 9.90 Å². The lowest BCUT2D eigenvalue weighted by Crippen LogP contribution is -2.00. The molecule has 2 aromatic heterocycles. The minimum Gasteiger partial charge on any atom is -0.481 e. The molecule has 1 N–H and O–H groups in total. The molecule has 2 heterocycles. The molecular weight excluding hydrogens is 354 g/mol. The number of carbonyl (C=O) groups is 1. The fourth-order valence-corrected chi connectivity index (χ4v) is 4.60. The monoisotopic (exact) mass is 369 g/mol. The number of fused-ring (bicyclic) bond motifs is 2. The number of thiophene rings is 1. The molecule has 3 nitrogen and oxygen atoms in total. The zero-order chi connectivity index (χ0) is 17.6. The van der Waals surface area contributed by atoms with Gasteiger partial charge in [-0.1, -0.05) is 29.8 Å². The number of carboxylic acids is 1. The molecule has 4 rings (SSSR count). The van der Waals surface area contributed by atoms with Gasteiger partial charge in [-0.3, -0.25) is 4.79 Å². The van der Waals surface area contributed by atoms with Gasteiger partial charge in [-0.05, 0) is 47.7 Å². The Labute approximate surface area is 154 Å². The molecule has 0 spiro atoms. The van der Waals surface area contributed by atoms with E-state index in [4.69, 9.17) is 11.6 Å². The molecule has 0 aliphatic carbocycles. The fraction of sp³-hybridized carbons (Fsp3) is 0.150. The highest BCUT2D eigenvalue weighted by molar-refractivity contribution is 7.19. The van der Waals surface area contributed by atoms with E-state index in [0.29, 0.717) is 6.54 Å². The highest BCUT2D eigenvalue weighted by atomic mass is 35.5. The van der Waals surface area contributed by atoms with E-state index in [1.165, 1.54) is 20.5 Å². The van der Waals surface area contributed by atoms with E-state index in [1.54, 1.807) is 11.3 Å². The average molecular weight is 370 g/mol. The zero-order valence-electron chi connectivity index (χ0n) is 13.6. The number of halogens is 1. The SMILES string of the molecule is Cc1sc2ccc(Cl)cc2c1Cn1cc(CC(=O)O)c2ccccc21. The Balaban J connectivity index is 1.85. The summed E-state index contributed by atoms with van der Waals surface area (Å²) in [6.07, 6.45) is 2.00. The second-order valence-corrected chi connectivity index (χ2v) is 7.84. The maximum Gasteiger partial charge on any atom is 0.307 e. The second kappa shape index (κ2) is 6.21. The van der Waals surface area contributed by atoms with Gasteiger partial charge in [0.15, 0.2) is 0 Å². The van der Waals surface area contributed by atoms with Gasteiger partial charge in [0.05, 0.1) is 6.42 Å². The summed E-state index contributed by atoms with van der Waals surface area (Å²) in [7, 11) is 0. The Morgan fingerprint density at radius 1 is 1.20 bits per heavy atom. The van der Waals surface area contributed by atoms with Crippen molar-refractivity contribution in [2.75, 3.05) is 0 Å². The number of carboxylic acid groups (broad SMARTS) is 1. The molecule has 4 aromatic rings. The van der Waals surface area contributed by atoms with Crippen LogP contribution in [0.15, 0.2) is 48.7 Å². The topological polar surface area (TPSA) is 42.2 Å². The molecule has 0 atom stereocenters. The molecule has 0 radical (unpaired) electrons. The predicted molar refractivity (Wildman–Crippen MR) is 104 cm³/mol. The third kappa shape index (κ3) is 2.92. The second-order valence-electron chi connectivity index (χ2n) is 6.15. The molecule has 2 aromatic carbocycles. The van der Waals surface area contributed by atoms with Crippen molar-refractivity contribution in [3.8, 4) is 0 Å². The van der Waals surface area contributed by atoms with Crippen molar-refractivity contribution >= 4 is 49.9 Å². The summed E-state index contributed by atoms with van der Waals surface area (Å²) in [5.74, 6) is -0.813. The molecule has 5 heteroatoms. The molecule has 0 aliphatic heterocycles. The molecule has 0 bridgehead atoms. The van der Waals surface area contributed by atoms with Crippen LogP contribution in [0.4, 0.5) is 0 Å². The van der Waals surface area contributed by atoms with Gasteiger partial charge in [-0.25, -0.2) is 0 Å². The van der Waals surface area contributed by atoms with Gasteiger partial charge in [0.2, 0.25) is 0 Å². The maximum atomic E-state index is 11.2. The van der Waals surface area contributed by atoms with Crippen LogP contribution in [0, 0.1) is 6.92 Å². The summed E-state index contributed by atoms with van der Waals surface area (Å²) < 4.78 is 3.36. The van der Waals surface area contributed by atoms with E-state index in [2.05, 4.69) is 17.6 Å². The van der Waals surface area contributed by atoms with Crippen LogP contribution >= 0.6 is 22.9 Å². The van der Waals surface area contributed by atoms with Crippen LogP contribution in [0.25, 0.3) is 21.0 Å². The van der Waals surface area contributed by atoms with E-state index in [0.717, 1.165) is 21.5 Å². The molecule has 0 saturated carbocycles. The number of benzene rings is 2. The van der Waals surface area contributed by atoms with Crippen molar-refractivity contribution in [2.45, 2.75) is 19.9 Å². The zero-order valence-corrected chi connectivity index (χ0v) is 15.2. The minimum absolute atomic E-state index is 0.0305. The molecule has 0 amide bonds. The number of hydrogen-bond acceptors (Lipinski definition) is 2. The number of para-hydroxylation sites is 1. The van der Waals surface area contributed by atoms with Crippen LogP contribution in [0.2, 0.25) is 5.02 Å². The highest BCUT2D eigenvalue weighted by Crippen LogP contribution is 2.34. The molecule has 0 unspecified atom stereocenters. The van der Waals surface area contributed by atoms with Gasteiger partial charge in [0, 0.05) is 38.2 Å². The van der Waals surface area contributed by atoms with Gasteiger partial charge < -0.3 is 9.67 Å². The van der Waals surface area contributed by atoms with Crippen molar-refractivity contribution in [3.05, 3.63) is 69.7 Å². The normalized spacial score (nSPS) is 11.4. The number of aryl methyl sites for hydroxylation is 1. The maximum absolute atomic E-state index is 11.2. The van der Waals surface area contributed by atoms with E-state index < -0.39 is 5.97 Å². The summed E-state index contributed by atoms with van der Waals surface area (Å²) in [5, 5.41) is 12.1. The predicted octanol–water partition coefficient (Wildman–Crippen LogP) is 5.49. The van der Waals surface area contributed by atoms with Crippen molar-refractivity contribution < 1.29 is 9.90 Å². The lowest BCUT2D eigenvalue weighted by Gasteiger charge is -2.06. The minimum atomic E-state index is -0.813. The van der Waals surface area contributed by atoms with E-state index in [1.807, 2.05) is 42.6 Å². The van der Waals surface area contributed by atoms with E-state index in [-0.39, 0.29) is 6.42 Å². The highest BCUT2D eigenvalue weighted by Gasteiger charge is 2.14. The molecule has 0 saturated heterocycles. The number of aliphatic carboxylic acids is 1. The standard InChI is InChI=1S/C20H16ClNO2S/c1-12-17(16-9-14(21)6-7-19(16)25-12)11-22-10-13(8-20(23)24)15-4-2-3-5-18(15)22/h2-7,9-10H,8,11H2,1H3,(H,23,24). The first-order chi connectivity index (χ1) is 12.0. The van der Waals surface area contributed by atoms with Crippen LogP contribution in [0.5, 0.6) is 0 Å². The summed E-state index contributed by atoms with van der Waals surface area (Å²) >= 11 is 7.96. The van der Waals surface area contributed by atoms with Crippen molar-refractivity contribution in [1.82, 2.24) is 4.57 Å². The van der Waals surface area contributed by atoms with Crippen LogP contribution < -0.4 is 0 Å². The Bertz CT molecular complexity index is 1110. The Morgan fingerprint density at radius 3 is 2.80 bits per heavy atom. The number of nitrogens with zero attached hydrogens (tertiary/aromatic N) is 1. The number of rotatable bonds is 4. The van der Waals surface area contributed by atoms with Crippen LogP contribution in [0.3, 0.4) is 0 Å². The Kier molecular flexibility index (Phi) is 4.02. The smallest absolute Gasteiger partial charge is 0.307 e. The van der Waals surface area contributed by atoms with Gasteiger partial charge >= 0.3 is 5.97 Å². The van der Waals surface area contributed by atoms with Crippen LogP contribution in [0.1, 0.15) is 16.0 Å². The van der Waals surface area contributed by atoms with Gasteiger partial charge in [-0.2, -0.15) is 0 Å². The molecular formula is C20H16ClNO2S. The lowest BCUT2D eigenvalue weighted by molar-refractivity contribution is -0.136. The molecule has 126 valence electrons. The van der Waals surface area contributed by atoms with Gasteiger partial charge in [-0.15, -0.1) is 11.3 Å². The number of aromatic nitrogens is 1. The van der Waals surface area contributed by atoms with Crippen molar-refractivity contribution in [1.29, 1.82) is 0 Å². The molecule has 0 aliphatic rings. The van der Waals surface area contributed by atoms with Gasteiger partial charge in [0.1, 0.15) is 0 Å². The average Bonchev–Trinajstić information content (AvgIpc) is 3.06. The van der Waals surface area contributed by atoms with E-state index >= 15 is 0 Å². The summed E-state index contributed by atoms with van der Waals surface area (Å²) in [5.41, 5.74) is 3.14. The van der Waals surface area contributed by atoms with Crippen molar-refractivity contribution in [3.63, 3.8) is 0 Å². The molecule has 25 heavy (non-hydrogen) atoms. The Hall–Kier alpha value is -2.30. The fourth-order valence-electron chi connectivity index (χ4n) is 3.37. The van der Waals surface area contributed by atoms with Crippen molar-refractivity contribution in [2.24, 2.45) is 0 Å². The first kappa shape index (κ1) is 16.2. The Morgan fingerprint density at radius 2 is 2.00 bits per heavy atom. The van der Waals surface area contributed by atoms with Crippen LogP contribution in [-0.2, 0) is 17.8 Å². The third-order valence-electron chi connectivity index (χ3n) is 4.50. The van der Waals surface area contributed by atoms with Gasteiger partial charge in [0.25, 0.3) is 0 Å². The molecule has 0 fully saturated rings. The summed E-state index contributed by atoms with van der Waals surface area (Å²) in [6.45, 7) is 2.82. The third-order valence-corrected chi connectivity index (χ3v) is 5.86.